The largest absolute Gasteiger partial charge is 0.374 e. The predicted molar refractivity (Wildman–Crippen MR) is 91.5 cm³/mol. The van der Waals surface area contributed by atoms with E-state index in [1.807, 2.05) is 0 Å². The Kier molecular flexibility index (Phi) is 11.7. The van der Waals surface area contributed by atoms with E-state index in [-0.39, 0.29) is 30.1 Å². The molecule has 1 aliphatic heterocycles. The van der Waals surface area contributed by atoms with E-state index in [0.29, 0.717) is 0 Å². The zero-order valence-corrected chi connectivity index (χ0v) is 14.8. The molecule has 0 aliphatic carbocycles. The van der Waals surface area contributed by atoms with Crippen molar-refractivity contribution >= 4 is 29.9 Å². The fourth-order valence-corrected chi connectivity index (χ4v) is 1.90. The van der Waals surface area contributed by atoms with Gasteiger partial charge in [0.2, 0.25) is 0 Å². The molecule has 6 heteroatoms. The van der Waals surface area contributed by atoms with Crippen LogP contribution in [0, 0.1) is 0 Å². The monoisotopic (exact) mass is 384 g/mol. The van der Waals surface area contributed by atoms with Crippen LogP contribution in [0.3, 0.4) is 0 Å². The number of guanidine groups is 1. The normalized spacial score (nSPS) is 20.8. The third kappa shape index (κ3) is 8.65. The molecule has 1 rings (SSSR count). The molecule has 0 radical (unpaired) electrons. The first-order chi connectivity index (χ1) is 8.76. The minimum atomic E-state index is 0. The summed E-state index contributed by atoms with van der Waals surface area (Å²) in [5, 5.41) is 6.60. The van der Waals surface area contributed by atoms with E-state index in [4.69, 9.17) is 4.74 Å². The summed E-state index contributed by atoms with van der Waals surface area (Å²) in [5.41, 5.74) is 0. The number of hydrogen-bond acceptors (Lipinski definition) is 3. The summed E-state index contributed by atoms with van der Waals surface area (Å²) in [6.07, 6.45) is 2.60. The van der Waals surface area contributed by atoms with Crippen LogP contribution in [0.2, 0.25) is 0 Å². The molecule has 1 aliphatic rings. The molecule has 0 amide bonds. The highest BCUT2D eigenvalue weighted by molar-refractivity contribution is 14.0. The van der Waals surface area contributed by atoms with Crippen molar-refractivity contribution in [3.63, 3.8) is 0 Å². The number of halogens is 1. The molecule has 0 bridgehead atoms. The molecule has 1 fully saturated rings. The van der Waals surface area contributed by atoms with Gasteiger partial charge in [0.05, 0.1) is 19.3 Å². The van der Waals surface area contributed by atoms with E-state index in [1.54, 1.807) is 0 Å². The summed E-state index contributed by atoms with van der Waals surface area (Å²) in [5.74, 6) is 0.905. The first-order valence-electron chi connectivity index (χ1n) is 7.08. The summed E-state index contributed by atoms with van der Waals surface area (Å²) in [6.45, 7) is 9.69. The van der Waals surface area contributed by atoms with E-state index in [9.17, 15) is 0 Å². The van der Waals surface area contributed by atoms with Crippen LogP contribution >= 0.6 is 24.0 Å². The van der Waals surface area contributed by atoms with Crippen LogP contribution in [0.1, 0.15) is 26.7 Å². The Bertz CT molecular complexity index is 251. The van der Waals surface area contributed by atoms with Crippen molar-refractivity contribution in [3.05, 3.63) is 0 Å². The van der Waals surface area contributed by atoms with Crippen molar-refractivity contribution in [3.8, 4) is 0 Å². The zero-order valence-electron chi connectivity index (χ0n) is 12.4. The lowest BCUT2D eigenvalue weighted by molar-refractivity contribution is -0.0136. The molecule has 1 unspecified atom stereocenters. The summed E-state index contributed by atoms with van der Waals surface area (Å²) < 4.78 is 5.70. The summed E-state index contributed by atoms with van der Waals surface area (Å²) >= 11 is 0. The first-order valence-corrected chi connectivity index (χ1v) is 7.08. The van der Waals surface area contributed by atoms with Gasteiger partial charge in [-0.15, -0.1) is 24.0 Å². The van der Waals surface area contributed by atoms with Crippen LogP contribution in [0.5, 0.6) is 0 Å². The van der Waals surface area contributed by atoms with Gasteiger partial charge >= 0.3 is 0 Å². The number of hydrogen-bond donors (Lipinski definition) is 2. The molecule has 0 saturated carbocycles. The molecule has 0 spiro atoms. The number of ether oxygens (including phenoxy) is 1. The second-order valence-electron chi connectivity index (χ2n) is 4.75. The minimum Gasteiger partial charge on any atom is -0.374 e. The molecule has 1 atom stereocenters. The average Bonchev–Trinajstić information content (AvgIpc) is 2.36. The van der Waals surface area contributed by atoms with E-state index >= 15 is 0 Å². The van der Waals surface area contributed by atoms with Crippen LogP contribution in [0.4, 0.5) is 0 Å². The molecule has 0 aromatic rings. The summed E-state index contributed by atoms with van der Waals surface area (Å²) in [6, 6.07) is 0. The van der Waals surface area contributed by atoms with Crippen molar-refractivity contribution in [1.82, 2.24) is 15.5 Å². The van der Waals surface area contributed by atoms with E-state index in [1.165, 1.54) is 12.8 Å². The van der Waals surface area contributed by atoms with Gasteiger partial charge in [0.25, 0.3) is 0 Å². The lowest BCUT2D eigenvalue weighted by atomic mass is 10.3. The Morgan fingerprint density at radius 2 is 2.16 bits per heavy atom. The molecule has 5 nitrogen and oxygen atoms in total. The van der Waals surface area contributed by atoms with Crippen LogP contribution in [-0.4, -0.2) is 63.3 Å². The van der Waals surface area contributed by atoms with Gasteiger partial charge in [-0.05, 0) is 20.4 Å². The number of morpholine rings is 1. The minimum absolute atomic E-state index is 0. The molecular weight excluding hydrogens is 355 g/mol. The number of rotatable bonds is 6. The lowest BCUT2D eigenvalue weighted by Crippen LogP contribution is -2.43. The standard InChI is InChI=1S/C13H28N4O.HI/c1-4-6-7-15-13(14-5-2)16-10-12-11-17(3)8-9-18-12;/h12H,4-11H2,1-3H3,(H2,14,15,16);1H. The van der Waals surface area contributed by atoms with Gasteiger partial charge in [-0.1, -0.05) is 13.3 Å². The summed E-state index contributed by atoms with van der Waals surface area (Å²) in [7, 11) is 2.13. The SMILES string of the molecule is CCCCNC(=NCC1CN(C)CCO1)NCC.I. The van der Waals surface area contributed by atoms with E-state index in [0.717, 1.165) is 45.3 Å². The Balaban J connectivity index is 0.00000324. The molecule has 0 aromatic heterocycles. The first kappa shape index (κ1) is 18.9. The van der Waals surface area contributed by atoms with Crippen LogP contribution in [-0.2, 0) is 4.74 Å². The third-order valence-electron chi connectivity index (χ3n) is 2.96. The number of unbranched alkanes of at least 4 members (excludes halogenated alkanes) is 1. The highest BCUT2D eigenvalue weighted by atomic mass is 127. The number of likely N-dealkylation sites (N-methyl/N-ethyl adjacent to an activating group) is 1. The Morgan fingerprint density at radius 1 is 1.37 bits per heavy atom. The molecule has 2 N–H and O–H groups in total. The highest BCUT2D eigenvalue weighted by Crippen LogP contribution is 2.02. The maximum absolute atomic E-state index is 5.70. The molecule has 0 aromatic carbocycles. The topological polar surface area (TPSA) is 48.9 Å². The fraction of sp³-hybridized carbons (Fsp3) is 0.923. The quantitative estimate of drug-likeness (QED) is 0.314. The second-order valence-corrected chi connectivity index (χ2v) is 4.75. The van der Waals surface area contributed by atoms with Crippen molar-refractivity contribution in [2.24, 2.45) is 4.99 Å². The third-order valence-corrected chi connectivity index (χ3v) is 2.96. The summed E-state index contributed by atoms with van der Waals surface area (Å²) in [4.78, 5) is 6.88. The lowest BCUT2D eigenvalue weighted by Gasteiger charge is -2.29. The predicted octanol–water partition coefficient (Wildman–Crippen LogP) is 1.29. The van der Waals surface area contributed by atoms with Crippen molar-refractivity contribution in [1.29, 1.82) is 0 Å². The second kappa shape index (κ2) is 11.7. The zero-order chi connectivity index (χ0) is 13.2. The molecule has 1 heterocycles. The van der Waals surface area contributed by atoms with E-state index in [2.05, 4.69) is 41.4 Å². The number of aliphatic imine (C=N–C) groups is 1. The number of nitrogens with one attached hydrogen (secondary N) is 2. The van der Waals surface area contributed by atoms with Gasteiger partial charge in [0.1, 0.15) is 0 Å². The van der Waals surface area contributed by atoms with Crippen molar-refractivity contribution < 1.29 is 4.74 Å². The van der Waals surface area contributed by atoms with Gasteiger partial charge in [0, 0.05) is 26.2 Å². The number of nitrogens with zero attached hydrogens (tertiary/aromatic N) is 2. The van der Waals surface area contributed by atoms with Gasteiger partial charge < -0.3 is 20.3 Å². The average molecular weight is 384 g/mol. The maximum atomic E-state index is 5.70. The Labute approximate surface area is 134 Å². The van der Waals surface area contributed by atoms with Crippen LogP contribution < -0.4 is 10.6 Å². The molecule has 114 valence electrons. The molecule has 19 heavy (non-hydrogen) atoms. The van der Waals surface area contributed by atoms with Crippen molar-refractivity contribution in [2.75, 3.05) is 46.4 Å². The van der Waals surface area contributed by atoms with Gasteiger partial charge in [0.15, 0.2) is 5.96 Å². The molecule has 1 saturated heterocycles. The van der Waals surface area contributed by atoms with Gasteiger partial charge in [-0.2, -0.15) is 0 Å². The Morgan fingerprint density at radius 3 is 2.79 bits per heavy atom. The highest BCUT2D eigenvalue weighted by Gasteiger charge is 2.17. The smallest absolute Gasteiger partial charge is 0.191 e. The van der Waals surface area contributed by atoms with Crippen LogP contribution in [0.25, 0.3) is 0 Å². The van der Waals surface area contributed by atoms with Gasteiger partial charge in [-0.3, -0.25) is 4.99 Å². The maximum Gasteiger partial charge on any atom is 0.191 e. The Hall–Kier alpha value is -0.0800. The van der Waals surface area contributed by atoms with E-state index < -0.39 is 0 Å². The van der Waals surface area contributed by atoms with Crippen molar-refractivity contribution in [2.45, 2.75) is 32.8 Å². The fourth-order valence-electron chi connectivity index (χ4n) is 1.90. The van der Waals surface area contributed by atoms with Gasteiger partial charge in [-0.25, -0.2) is 0 Å². The molecular formula is C13H29IN4O. The van der Waals surface area contributed by atoms with Crippen LogP contribution in [0.15, 0.2) is 4.99 Å².